The highest BCUT2D eigenvalue weighted by atomic mass is 79.9. The number of nitrogens with one attached hydrogen (secondary N) is 1. The second-order valence-electron chi connectivity index (χ2n) is 7.94. The molecule has 0 saturated heterocycles. The second kappa shape index (κ2) is 6.87. The molecule has 1 aromatic heterocycles. The molecular formula is C18H30BrNO. The van der Waals surface area contributed by atoms with Crippen LogP contribution in [0.25, 0.3) is 0 Å². The quantitative estimate of drug-likeness (QED) is 0.761. The zero-order valence-corrected chi connectivity index (χ0v) is 15.7. The van der Waals surface area contributed by atoms with Crippen LogP contribution in [0.15, 0.2) is 21.2 Å². The molecule has 2 rings (SSSR count). The van der Waals surface area contributed by atoms with Crippen molar-refractivity contribution < 1.29 is 4.42 Å². The summed E-state index contributed by atoms with van der Waals surface area (Å²) in [6, 6.07) is 2.58. The fraction of sp³-hybridized carbons (Fsp3) is 0.778. The van der Waals surface area contributed by atoms with E-state index in [1.54, 1.807) is 0 Å². The van der Waals surface area contributed by atoms with Crippen LogP contribution in [-0.4, -0.2) is 12.6 Å². The summed E-state index contributed by atoms with van der Waals surface area (Å²) in [6.45, 7) is 12.7. The molecule has 0 aliphatic heterocycles. The van der Waals surface area contributed by atoms with Crippen LogP contribution in [0, 0.1) is 17.3 Å². The van der Waals surface area contributed by atoms with Gasteiger partial charge in [0.25, 0.3) is 0 Å². The monoisotopic (exact) mass is 355 g/mol. The molecule has 1 aliphatic carbocycles. The molecule has 3 unspecified atom stereocenters. The van der Waals surface area contributed by atoms with Crippen molar-refractivity contribution >= 4 is 15.9 Å². The Morgan fingerprint density at radius 3 is 2.57 bits per heavy atom. The van der Waals surface area contributed by atoms with E-state index in [2.05, 4.69) is 55.9 Å². The first-order valence-corrected chi connectivity index (χ1v) is 9.04. The van der Waals surface area contributed by atoms with Crippen molar-refractivity contribution in [3.8, 4) is 0 Å². The third-order valence-electron chi connectivity index (χ3n) is 4.99. The Balaban J connectivity index is 2.16. The van der Waals surface area contributed by atoms with Gasteiger partial charge in [-0.3, -0.25) is 0 Å². The molecular weight excluding hydrogens is 326 g/mol. The summed E-state index contributed by atoms with van der Waals surface area (Å²) in [5, 5.41) is 3.62. The van der Waals surface area contributed by atoms with Crippen molar-refractivity contribution in [2.45, 2.75) is 65.8 Å². The lowest BCUT2D eigenvalue weighted by Crippen LogP contribution is -2.37. The smallest absolute Gasteiger partial charge is 0.121 e. The Morgan fingerprint density at radius 1 is 1.33 bits per heavy atom. The van der Waals surface area contributed by atoms with Gasteiger partial charge in [0.2, 0.25) is 0 Å². The Labute approximate surface area is 138 Å². The van der Waals surface area contributed by atoms with Gasteiger partial charge >= 0.3 is 0 Å². The maximum Gasteiger partial charge on any atom is 0.121 e. The molecule has 2 nitrogen and oxygen atoms in total. The summed E-state index contributed by atoms with van der Waals surface area (Å²) in [5.41, 5.74) is 0.383. The van der Waals surface area contributed by atoms with Crippen molar-refractivity contribution in [1.82, 2.24) is 5.32 Å². The first-order valence-electron chi connectivity index (χ1n) is 8.25. The molecule has 3 atom stereocenters. The zero-order valence-electron chi connectivity index (χ0n) is 14.1. The summed E-state index contributed by atoms with van der Waals surface area (Å²) in [4.78, 5) is 0. The first-order chi connectivity index (χ1) is 9.79. The third kappa shape index (κ3) is 4.35. The van der Waals surface area contributed by atoms with Crippen molar-refractivity contribution in [1.29, 1.82) is 0 Å². The van der Waals surface area contributed by atoms with E-state index in [9.17, 15) is 0 Å². The molecule has 120 valence electrons. The summed E-state index contributed by atoms with van der Waals surface area (Å²) in [6.07, 6.45) is 5.68. The van der Waals surface area contributed by atoms with E-state index < -0.39 is 0 Å². The molecule has 1 saturated carbocycles. The number of furan rings is 1. The van der Waals surface area contributed by atoms with Crippen molar-refractivity contribution in [3.05, 3.63) is 22.6 Å². The van der Waals surface area contributed by atoms with E-state index in [1.807, 2.05) is 12.3 Å². The van der Waals surface area contributed by atoms with Crippen LogP contribution in [0.2, 0.25) is 0 Å². The highest BCUT2D eigenvalue weighted by Gasteiger charge is 2.38. The minimum Gasteiger partial charge on any atom is -0.468 e. The lowest BCUT2D eigenvalue weighted by molar-refractivity contribution is 0.119. The maximum atomic E-state index is 5.83. The fourth-order valence-corrected chi connectivity index (χ4v) is 4.04. The fourth-order valence-electron chi connectivity index (χ4n) is 3.54. The Hall–Kier alpha value is -0.280. The SMILES string of the molecule is CC(C)NCC1CCC(C(C)(C)C)CC1c1occc1Br. The van der Waals surface area contributed by atoms with Gasteiger partial charge in [0, 0.05) is 12.0 Å². The van der Waals surface area contributed by atoms with Crippen LogP contribution in [0.1, 0.15) is 65.6 Å². The van der Waals surface area contributed by atoms with Gasteiger partial charge < -0.3 is 9.73 Å². The minimum atomic E-state index is 0.383. The van der Waals surface area contributed by atoms with Gasteiger partial charge in [-0.05, 0) is 65.1 Å². The molecule has 1 N–H and O–H groups in total. The van der Waals surface area contributed by atoms with Gasteiger partial charge in [0.05, 0.1) is 10.7 Å². The molecule has 0 bridgehead atoms. The molecule has 0 radical (unpaired) electrons. The van der Waals surface area contributed by atoms with Gasteiger partial charge in [0.15, 0.2) is 0 Å². The lowest BCUT2D eigenvalue weighted by Gasteiger charge is -2.41. The summed E-state index contributed by atoms with van der Waals surface area (Å²) < 4.78 is 6.96. The van der Waals surface area contributed by atoms with Gasteiger partial charge in [-0.25, -0.2) is 0 Å². The normalized spacial score (nSPS) is 27.3. The van der Waals surface area contributed by atoms with Gasteiger partial charge in [0.1, 0.15) is 5.76 Å². The van der Waals surface area contributed by atoms with Crippen LogP contribution in [-0.2, 0) is 0 Å². The topological polar surface area (TPSA) is 25.2 Å². The van der Waals surface area contributed by atoms with Gasteiger partial charge in [-0.2, -0.15) is 0 Å². The minimum absolute atomic E-state index is 0.383. The average molecular weight is 356 g/mol. The molecule has 21 heavy (non-hydrogen) atoms. The third-order valence-corrected chi connectivity index (χ3v) is 5.64. The molecule has 1 aliphatic rings. The number of halogens is 1. The Kier molecular flexibility index (Phi) is 5.59. The van der Waals surface area contributed by atoms with Crippen molar-refractivity contribution in [2.24, 2.45) is 17.3 Å². The van der Waals surface area contributed by atoms with E-state index in [0.717, 1.165) is 22.7 Å². The van der Waals surface area contributed by atoms with E-state index in [4.69, 9.17) is 4.42 Å². The van der Waals surface area contributed by atoms with Crippen LogP contribution in [0.4, 0.5) is 0 Å². The van der Waals surface area contributed by atoms with E-state index >= 15 is 0 Å². The van der Waals surface area contributed by atoms with Crippen LogP contribution in [0.5, 0.6) is 0 Å². The molecule has 1 fully saturated rings. The number of hydrogen-bond acceptors (Lipinski definition) is 2. The first kappa shape index (κ1) is 17.1. The van der Waals surface area contributed by atoms with Crippen LogP contribution >= 0.6 is 15.9 Å². The predicted octanol–water partition coefficient (Wildman–Crippen LogP) is 5.59. The standard InChI is InChI=1S/C18H30BrNO/c1-12(2)20-11-13-6-7-14(18(3,4)5)10-15(13)17-16(19)8-9-21-17/h8-9,12-15,20H,6-7,10-11H2,1-5H3. The van der Waals surface area contributed by atoms with Crippen molar-refractivity contribution in [2.75, 3.05) is 6.54 Å². The van der Waals surface area contributed by atoms with E-state index in [1.165, 1.54) is 19.3 Å². The molecule has 0 spiro atoms. The van der Waals surface area contributed by atoms with Gasteiger partial charge in [-0.15, -0.1) is 0 Å². The number of rotatable bonds is 4. The summed E-state index contributed by atoms with van der Waals surface area (Å²) in [5.74, 6) is 3.13. The molecule has 1 heterocycles. The molecule has 1 aromatic rings. The van der Waals surface area contributed by atoms with Crippen LogP contribution in [0.3, 0.4) is 0 Å². The zero-order chi connectivity index (χ0) is 15.6. The lowest BCUT2D eigenvalue weighted by atomic mass is 9.65. The Morgan fingerprint density at radius 2 is 2.05 bits per heavy atom. The maximum absolute atomic E-state index is 5.83. The summed E-state index contributed by atoms with van der Waals surface area (Å²) in [7, 11) is 0. The van der Waals surface area contributed by atoms with Crippen LogP contribution < -0.4 is 5.32 Å². The highest BCUT2D eigenvalue weighted by molar-refractivity contribution is 9.10. The second-order valence-corrected chi connectivity index (χ2v) is 8.79. The molecule has 3 heteroatoms. The predicted molar refractivity (Wildman–Crippen MR) is 92.6 cm³/mol. The summed E-state index contributed by atoms with van der Waals surface area (Å²) >= 11 is 3.67. The Bertz CT molecular complexity index is 446. The van der Waals surface area contributed by atoms with E-state index in [-0.39, 0.29) is 0 Å². The number of hydrogen-bond donors (Lipinski definition) is 1. The average Bonchev–Trinajstić information content (AvgIpc) is 2.81. The van der Waals surface area contributed by atoms with Crippen molar-refractivity contribution in [3.63, 3.8) is 0 Å². The highest BCUT2D eigenvalue weighted by Crippen LogP contribution is 2.48. The largest absolute Gasteiger partial charge is 0.468 e. The molecule has 0 aromatic carbocycles. The molecule has 0 amide bonds. The van der Waals surface area contributed by atoms with E-state index in [0.29, 0.717) is 23.3 Å². The van der Waals surface area contributed by atoms with Gasteiger partial charge in [-0.1, -0.05) is 34.6 Å².